The van der Waals surface area contributed by atoms with E-state index in [1.807, 2.05) is 36.4 Å². The summed E-state index contributed by atoms with van der Waals surface area (Å²) in [7, 11) is 0. The maximum atomic E-state index is 12.6. The number of H-pyrrole nitrogens is 1. The highest BCUT2D eigenvalue weighted by Gasteiger charge is 2.16. The highest BCUT2D eigenvalue weighted by atomic mass is 16.5. The normalized spacial score (nSPS) is 10.8. The van der Waals surface area contributed by atoms with Crippen LogP contribution in [0.2, 0.25) is 0 Å². The lowest BCUT2D eigenvalue weighted by molar-refractivity contribution is -0.116. The van der Waals surface area contributed by atoms with Crippen molar-refractivity contribution in [2.75, 3.05) is 11.9 Å². The summed E-state index contributed by atoms with van der Waals surface area (Å²) in [6.45, 7) is 2.04. The van der Waals surface area contributed by atoms with E-state index in [0.717, 1.165) is 34.3 Å². The summed E-state index contributed by atoms with van der Waals surface area (Å²) in [6.07, 6.45) is 3.50. The summed E-state index contributed by atoms with van der Waals surface area (Å²) in [6, 6.07) is 20.9. The van der Waals surface area contributed by atoms with Crippen LogP contribution in [0.3, 0.4) is 0 Å². The van der Waals surface area contributed by atoms with Crippen molar-refractivity contribution in [3.63, 3.8) is 0 Å². The second-order valence-electron chi connectivity index (χ2n) is 7.41. The number of amides is 1. The summed E-state index contributed by atoms with van der Waals surface area (Å²) in [5.74, 6) is -0.580. The van der Waals surface area contributed by atoms with E-state index in [9.17, 15) is 9.59 Å². The molecule has 0 fully saturated rings. The van der Waals surface area contributed by atoms with Crippen LogP contribution in [0.5, 0.6) is 0 Å². The summed E-state index contributed by atoms with van der Waals surface area (Å²) in [5.41, 5.74) is 4.90. The van der Waals surface area contributed by atoms with Gasteiger partial charge in [-0.05, 0) is 55.7 Å². The van der Waals surface area contributed by atoms with E-state index in [-0.39, 0.29) is 12.5 Å². The monoisotopic (exact) mass is 427 g/mol. The number of esters is 1. The minimum Gasteiger partial charge on any atom is -0.462 e. The van der Waals surface area contributed by atoms with Crippen LogP contribution < -0.4 is 5.32 Å². The Labute approximate surface area is 186 Å². The van der Waals surface area contributed by atoms with Gasteiger partial charge < -0.3 is 15.0 Å². The number of fused-ring (bicyclic) bond motifs is 1. The molecule has 0 radical (unpaired) electrons. The number of aryl methyl sites for hydroxylation is 1. The third-order valence-corrected chi connectivity index (χ3v) is 5.26. The number of nitrogens with one attached hydrogen (secondary N) is 2. The van der Waals surface area contributed by atoms with Crippen LogP contribution in [0.25, 0.3) is 22.3 Å². The Morgan fingerprint density at radius 3 is 2.59 bits per heavy atom. The standard InChI is InChI=1S/C26H25N3O3/c1-2-32-26(31)20-11-4-6-14-22(20)28-24(30)16-9-12-19-18-10-3-5-13-21(18)29-25(19)23-15-7-8-17-27-23/h3-8,10-11,13-15,17,29H,2,9,12,16H2,1H3,(H,28,30). The second-order valence-corrected chi connectivity index (χ2v) is 7.41. The molecule has 6 nitrogen and oxygen atoms in total. The molecule has 0 atom stereocenters. The fourth-order valence-corrected chi connectivity index (χ4v) is 3.81. The summed E-state index contributed by atoms with van der Waals surface area (Å²) < 4.78 is 5.08. The molecule has 4 rings (SSSR count). The number of carbonyl (C=O) groups excluding carboxylic acids is 2. The predicted molar refractivity (Wildman–Crippen MR) is 125 cm³/mol. The van der Waals surface area contributed by atoms with Crippen LogP contribution in [0.4, 0.5) is 5.69 Å². The zero-order valence-corrected chi connectivity index (χ0v) is 17.9. The minimum absolute atomic E-state index is 0.138. The second kappa shape index (κ2) is 9.92. The Bertz CT molecular complexity index is 1230. The number of nitrogens with zero attached hydrogens (tertiary/aromatic N) is 1. The number of aromatic nitrogens is 2. The van der Waals surface area contributed by atoms with Gasteiger partial charge in [0, 0.05) is 23.5 Å². The number of benzene rings is 2. The quantitative estimate of drug-likeness (QED) is 0.370. The predicted octanol–water partition coefficient (Wildman–Crippen LogP) is 5.37. The van der Waals surface area contributed by atoms with Gasteiger partial charge >= 0.3 is 5.97 Å². The third kappa shape index (κ3) is 4.70. The fraction of sp³-hybridized carbons (Fsp3) is 0.192. The molecule has 162 valence electrons. The van der Waals surface area contributed by atoms with Crippen molar-refractivity contribution in [3.8, 4) is 11.4 Å². The first-order valence-electron chi connectivity index (χ1n) is 10.7. The molecule has 0 aliphatic rings. The van der Waals surface area contributed by atoms with E-state index >= 15 is 0 Å². The average Bonchev–Trinajstić information content (AvgIpc) is 3.19. The number of anilines is 1. The molecule has 2 N–H and O–H groups in total. The number of hydrogen-bond acceptors (Lipinski definition) is 4. The van der Waals surface area contributed by atoms with Crippen LogP contribution in [-0.4, -0.2) is 28.5 Å². The molecule has 6 heteroatoms. The van der Waals surface area contributed by atoms with Crippen LogP contribution in [0, 0.1) is 0 Å². The first-order chi connectivity index (χ1) is 15.7. The molecule has 2 heterocycles. The van der Waals surface area contributed by atoms with E-state index in [1.165, 1.54) is 0 Å². The van der Waals surface area contributed by atoms with Crippen molar-refractivity contribution >= 4 is 28.5 Å². The first-order valence-corrected chi connectivity index (χ1v) is 10.7. The molecule has 1 amide bonds. The number of aromatic amines is 1. The molecule has 0 unspecified atom stereocenters. The van der Waals surface area contributed by atoms with Gasteiger partial charge in [0.15, 0.2) is 0 Å². The van der Waals surface area contributed by atoms with E-state index in [2.05, 4.69) is 21.4 Å². The molecular formula is C26H25N3O3. The molecule has 0 saturated heterocycles. The zero-order chi connectivity index (χ0) is 22.3. The number of rotatable bonds is 8. The van der Waals surface area contributed by atoms with E-state index < -0.39 is 5.97 Å². The highest BCUT2D eigenvalue weighted by Crippen LogP contribution is 2.30. The molecule has 0 saturated carbocycles. The van der Waals surface area contributed by atoms with Crippen molar-refractivity contribution in [2.45, 2.75) is 26.2 Å². The maximum absolute atomic E-state index is 12.6. The highest BCUT2D eigenvalue weighted by molar-refractivity contribution is 6.01. The number of carbonyl (C=O) groups is 2. The smallest absolute Gasteiger partial charge is 0.340 e. The van der Waals surface area contributed by atoms with Gasteiger partial charge in [-0.3, -0.25) is 9.78 Å². The molecule has 2 aromatic heterocycles. The molecule has 0 spiro atoms. The van der Waals surface area contributed by atoms with Gasteiger partial charge in [-0.1, -0.05) is 36.4 Å². The topological polar surface area (TPSA) is 84.1 Å². The SMILES string of the molecule is CCOC(=O)c1ccccc1NC(=O)CCCc1c(-c2ccccn2)[nH]c2ccccc12. The van der Waals surface area contributed by atoms with Gasteiger partial charge in [-0.25, -0.2) is 4.79 Å². The minimum atomic E-state index is -0.442. The van der Waals surface area contributed by atoms with Crippen molar-refractivity contribution in [3.05, 3.63) is 84.1 Å². The van der Waals surface area contributed by atoms with Gasteiger partial charge in [0.1, 0.15) is 0 Å². The number of ether oxygens (including phenoxy) is 1. The number of pyridine rings is 1. The third-order valence-electron chi connectivity index (χ3n) is 5.26. The average molecular weight is 428 g/mol. The summed E-state index contributed by atoms with van der Waals surface area (Å²) >= 11 is 0. The molecule has 2 aromatic carbocycles. The number of hydrogen-bond donors (Lipinski definition) is 2. The molecule has 32 heavy (non-hydrogen) atoms. The van der Waals surface area contributed by atoms with Gasteiger partial charge in [0.25, 0.3) is 0 Å². The Kier molecular flexibility index (Phi) is 6.60. The lowest BCUT2D eigenvalue weighted by atomic mass is 10.0. The molecular weight excluding hydrogens is 402 g/mol. The van der Waals surface area contributed by atoms with Crippen molar-refractivity contribution < 1.29 is 14.3 Å². The van der Waals surface area contributed by atoms with Crippen molar-refractivity contribution in [1.29, 1.82) is 0 Å². The Hall–Kier alpha value is -3.93. The van der Waals surface area contributed by atoms with Gasteiger partial charge in [0.2, 0.25) is 5.91 Å². The fourth-order valence-electron chi connectivity index (χ4n) is 3.81. The van der Waals surface area contributed by atoms with E-state index in [0.29, 0.717) is 24.1 Å². The van der Waals surface area contributed by atoms with Gasteiger partial charge in [-0.15, -0.1) is 0 Å². The van der Waals surface area contributed by atoms with Crippen LogP contribution in [-0.2, 0) is 16.0 Å². The van der Waals surface area contributed by atoms with E-state index in [1.54, 1.807) is 37.4 Å². The molecule has 0 aliphatic heterocycles. The van der Waals surface area contributed by atoms with Crippen LogP contribution in [0.1, 0.15) is 35.7 Å². The van der Waals surface area contributed by atoms with Crippen molar-refractivity contribution in [1.82, 2.24) is 9.97 Å². The Morgan fingerprint density at radius 1 is 1.00 bits per heavy atom. The van der Waals surface area contributed by atoms with E-state index in [4.69, 9.17) is 4.74 Å². The summed E-state index contributed by atoms with van der Waals surface area (Å²) in [5, 5.41) is 3.99. The maximum Gasteiger partial charge on any atom is 0.340 e. The lowest BCUT2D eigenvalue weighted by Gasteiger charge is -2.10. The van der Waals surface area contributed by atoms with Crippen LogP contribution in [0.15, 0.2) is 72.9 Å². The lowest BCUT2D eigenvalue weighted by Crippen LogP contribution is -2.15. The Morgan fingerprint density at radius 2 is 1.78 bits per heavy atom. The molecule has 0 bridgehead atoms. The van der Waals surface area contributed by atoms with Gasteiger partial charge in [-0.2, -0.15) is 0 Å². The van der Waals surface area contributed by atoms with Crippen molar-refractivity contribution in [2.24, 2.45) is 0 Å². The first kappa shape index (κ1) is 21.3. The largest absolute Gasteiger partial charge is 0.462 e. The van der Waals surface area contributed by atoms with Crippen LogP contribution >= 0.6 is 0 Å². The molecule has 4 aromatic rings. The number of para-hydroxylation sites is 2. The summed E-state index contributed by atoms with van der Waals surface area (Å²) in [4.78, 5) is 32.7. The zero-order valence-electron chi connectivity index (χ0n) is 17.9. The Balaban J connectivity index is 1.47. The molecule has 0 aliphatic carbocycles. The van der Waals surface area contributed by atoms with Gasteiger partial charge in [0.05, 0.1) is 29.2 Å².